The number of fused-ring (bicyclic) bond motifs is 1. The first kappa shape index (κ1) is 14.6. The number of carbonyl (C=O) groups excluding carboxylic acids is 1. The molecule has 0 saturated heterocycles. The van der Waals surface area contributed by atoms with Crippen molar-refractivity contribution in [2.45, 2.75) is 12.0 Å². The lowest BCUT2D eigenvalue weighted by atomic mass is 10.0. The Bertz CT molecular complexity index is 637. The van der Waals surface area contributed by atoms with Crippen molar-refractivity contribution in [2.75, 3.05) is 13.7 Å². The van der Waals surface area contributed by atoms with Gasteiger partial charge in [0.05, 0.1) is 13.7 Å². The first-order valence-corrected chi connectivity index (χ1v) is 6.53. The standard InChI is InChI=1S/C15H15ClO4/c1-3-20-14(17)15(16,18)12-6-4-11-9-13(19-2)7-5-10(11)8-12/h4-9,18H,3H2,1-2H3. The fourth-order valence-electron chi connectivity index (χ4n) is 1.90. The van der Waals surface area contributed by atoms with Crippen LogP contribution in [-0.4, -0.2) is 24.8 Å². The molecule has 0 bridgehead atoms. The number of rotatable bonds is 4. The van der Waals surface area contributed by atoms with Crippen molar-refractivity contribution in [3.63, 3.8) is 0 Å². The Morgan fingerprint density at radius 3 is 2.55 bits per heavy atom. The van der Waals surface area contributed by atoms with Crippen LogP contribution in [0.2, 0.25) is 0 Å². The van der Waals surface area contributed by atoms with Gasteiger partial charge in [-0.15, -0.1) is 0 Å². The van der Waals surface area contributed by atoms with E-state index >= 15 is 0 Å². The van der Waals surface area contributed by atoms with E-state index < -0.39 is 11.0 Å². The van der Waals surface area contributed by atoms with Crippen molar-refractivity contribution >= 4 is 28.3 Å². The predicted molar refractivity (Wildman–Crippen MR) is 76.9 cm³/mol. The molecule has 4 nitrogen and oxygen atoms in total. The van der Waals surface area contributed by atoms with E-state index in [1.165, 1.54) is 0 Å². The zero-order valence-electron chi connectivity index (χ0n) is 11.2. The van der Waals surface area contributed by atoms with Gasteiger partial charge in [0.1, 0.15) is 5.75 Å². The summed E-state index contributed by atoms with van der Waals surface area (Å²) in [5.41, 5.74) is 0.273. The molecule has 0 aliphatic carbocycles. The number of aliphatic hydroxyl groups is 1. The SMILES string of the molecule is CCOC(=O)C(O)(Cl)c1ccc2cc(OC)ccc2c1. The lowest BCUT2D eigenvalue weighted by molar-refractivity contribution is -0.157. The van der Waals surface area contributed by atoms with Gasteiger partial charge < -0.3 is 14.6 Å². The topological polar surface area (TPSA) is 55.8 Å². The summed E-state index contributed by atoms with van der Waals surface area (Å²) < 4.78 is 9.91. The molecule has 0 spiro atoms. The Balaban J connectivity index is 2.43. The van der Waals surface area contributed by atoms with Crippen LogP contribution in [0.3, 0.4) is 0 Å². The van der Waals surface area contributed by atoms with E-state index in [1.54, 1.807) is 38.3 Å². The fraction of sp³-hybridized carbons (Fsp3) is 0.267. The second-order valence-electron chi connectivity index (χ2n) is 4.27. The number of benzene rings is 2. The Labute approximate surface area is 121 Å². The Kier molecular flexibility index (Phi) is 4.16. The van der Waals surface area contributed by atoms with E-state index in [4.69, 9.17) is 21.1 Å². The molecule has 0 aliphatic heterocycles. The maximum Gasteiger partial charge on any atom is 0.359 e. The number of methoxy groups -OCH3 is 1. The van der Waals surface area contributed by atoms with E-state index in [0.29, 0.717) is 0 Å². The van der Waals surface area contributed by atoms with Crippen LogP contribution in [0.5, 0.6) is 5.75 Å². The third-order valence-electron chi connectivity index (χ3n) is 2.98. The number of hydrogen-bond donors (Lipinski definition) is 1. The zero-order valence-corrected chi connectivity index (χ0v) is 12.0. The molecular formula is C15H15ClO4. The lowest BCUT2D eigenvalue weighted by Crippen LogP contribution is -2.31. The smallest absolute Gasteiger partial charge is 0.359 e. The molecule has 20 heavy (non-hydrogen) atoms. The highest BCUT2D eigenvalue weighted by Crippen LogP contribution is 2.31. The molecule has 1 atom stereocenters. The van der Waals surface area contributed by atoms with E-state index in [1.807, 2.05) is 12.1 Å². The van der Waals surface area contributed by atoms with E-state index in [0.717, 1.165) is 16.5 Å². The molecule has 0 aromatic heterocycles. The molecule has 0 radical (unpaired) electrons. The largest absolute Gasteiger partial charge is 0.497 e. The second kappa shape index (κ2) is 5.69. The minimum Gasteiger partial charge on any atom is -0.497 e. The molecule has 1 unspecified atom stereocenters. The molecule has 0 heterocycles. The average Bonchev–Trinajstić information content (AvgIpc) is 2.46. The summed E-state index contributed by atoms with van der Waals surface area (Å²) in [6.45, 7) is 1.80. The molecule has 2 aromatic carbocycles. The van der Waals surface area contributed by atoms with Crippen molar-refractivity contribution in [2.24, 2.45) is 0 Å². The van der Waals surface area contributed by atoms with Gasteiger partial charge >= 0.3 is 5.97 Å². The van der Waals surface area contributed by atoms with Crippen LogP contribution in [0, 0.1) is 0 Å². The number of alkyl halides is 1. The second-order valence-corrected chi connectivity index (χ2v) is 4.82. The minimum absolute atomic E-state index is 0.151. The molecule has 106 valence electrons. The van der Waals surface area contributed by atoms with Gasteiger partial charge in [0.15, 0.2) is 0 Å². The van der Waals surface area contributed by atoms with Gasteiger partial charge in [-0.2, -0.15) is 0 Å². The van der Waals surface area contributed by atoms with Crippen LogP contribution in [0.1, 0.15) is 12.5 Å². The Morgan fingerprint density at radius 1 is 1.25 bits per heavy atom. The van der Waals surface area contributed by atoms with Crippen molar-refractivity contribution < 1.29 is 19.4 Å². The van der Waals surface area contributed by atoms with E-state index in [2.05, 4.69) is 0 Å². The molecular weight excluding hydrogens is 280 g/mol. The average molecular weight is 295 g/mol. The number of carbonyl (C=O) groups is 1. The molecule has 0 amide bonds. The van der Waals surface area contributed by atoms with Gasteiger partial charge in [-0.1, -0.05) is 29.8 Å². The summed E-state index contributed by atoms with van der Waals surface area (Å²) in [4.78, 5) is 11.7. The maximum absolute atomic E-state index is 11.7. The van der Waals surface area contributed by atoms with Crippen LogP contribution < -0.4 is 4.74 Å². The zero-order chi connectivity index (χ0) is 14.8. The van der Waals surface area contributed by atoms with E-state index in [9.17, 15) is 9.90 Å². The van der Waals surface area contributed by atoms with Gasteiger partial charge in [0.25, 0.3) is 5.06 Å². The van der Waals surface area contributed by atoms with Gasteiger partial charge in [0.2, 0.25) is 0 Å². The lowest BCUT2D eigenvalue weighted by Gasteiger charge is -2.19. The maximum atomic E-state index is 11.7. The summed E-state index contributed by atoms with van der Waals surface area (Å²) in [6.07, 6.45) is 0. The summed E-state index contributed by atoms with van der Waals surface area (Å²) in [5, 5.41) is 9.70. The highest BCUT2D eigenvalue weighted by molar-refractivity contribution is 6.32. The van der Waals surface area contributed by atoms with Crippen molar-refractivity contribution in [1.82, 2.24) is 0 Å². The van der Waals surface area contributed by atoms with Crippen molar-refractivity contribution in [3.05, 3.63) is 42.0 Å². The number of hydrogen-bond acceptors (Lipinski definition) is 4. The highest BCUT2D eigenvalue weighted by Gasteiger charge is 2.37. The van der Waals surface area contributed by atoms with Gasteiger partial charge in [-0.3, -0.25) is 0 Å². The molecule has 0 aliphatic rings. The van der Waals surface area contributed by atoms with Crippen molar-refractivity contribution in [1.29, 1.82) is 0 Å². The van der Waals surface area contributed by atoms with Crippen LogP contribution in [0.15, 0.2) is 36.4 Å². The van der Waals surface area contributed by atoms with Gasteiger partial charge in [0, 0.05) is 5.56 Å². The molecule has 0 fully saturated rings. The normalized spacial score (nSPS) is 13.8. The van der Waals surface area contributed by atoms with Gasteiger partial charge in [-0.05, 0) is 35.9 Å². The van der Waals surface area contributed by atoms with Gasteiger partial charge in [-0.25, -0.2) is 4.79 Å². The van der Waals surface area contributed by atoms with Crippen molar-refractivity contribution in [3.8, 4) is 5.75 Å². The minimum atomic E-state index is -2.18. The molecule has 2 rings (SSSR count). The molecule has 1 N–H and O–H groups in total. The van der Waals surface area contributed by atoms with Crippen LogP contribution in [-0.2, 0) is 14.6 Å². The highest BCUT2D eigenvalue weighted by atomic mass is 35.5. The van der Waals surface area contributed by atoms with E-state index in [-0.39, 0.29) is 12.2 Å². The summed E-state index contributed by atoms with van der Waals surface area (Å²) in [7, 11) is 1.59. The molecule has 5 heteroatoms. The summed E-state index contributed by atoms with van der Waals surface area (Å²) in [6, 6.07) is 10.5. The molecule has 2 aromatic rings. The van der Waals surface area contributed by atoms with Crippen LogP contribution in [0.4, 0.5) is 0 Å². The number of halogens is 1. The first-order valence-electron chi connectivity index (χ1n) is 6.16. The third kappa shape index (κ3) is 2.71. The predicted octanol–water partition coefficient (Wildman–Crippen LogP) is 2.80. The Hall–Kier alpha value is -1.78. The number of esters is 1. The monoisotopic (exact) mass is 294 g/mol. The number of ether oxygens (including phenoxy) is 2. The summed E-state index contributed by atoms with van der Waals surface area (Å²) >= 11 is 5.91. The van der Waals surface area contributed by atoms with Crippen LogP contribution in [0.25, 0.3) is 10.8 Å². The quantitative estimate of drug-likeness (QED) is 0.696. The first-order chi connectivity index (χ1) is 9.48. The van der Waals surface area contributed by atoms with Crippen LogP contribution >= 0.6 is 11.6 Å². The summed E-state index contributed by atoms with van der Waals surface area (Å²) in [5.74, 6) is -0.147. The fourth-order valence-corrected chi connectivity index (χ4v) is 2.07. The molecule has 0 saturated carbocycles. The third-order valence-corrected chi connectivity index (χ3v) is 3.35. The Morgan fingerprint density at radius 2 is 1.90 bits per heavy atom.